The Morgan fingerprint density at radius 3 is 2.59 bits per heavy atom. The van der Waals surface area contributed by atoms with Gasteiger partial charge >= 0.3 is 0 Å². The highest BCUT2D eigenvalue weighted by Crippen LogP contribution is 2.16. The third-order valence-corrected chi connectivity index (χ3v) is 5.13. The van der Waals surface area contributed by atoms with Gasteiger partial charge in [0.05, 0.1) is 17.2 Å². The summed E-state index contributed by atoms with van der Waals surface area (Å²) in [6.07, 6.45) is 0.871. The van der Waals surface area contributed by atoms with Crippen molar-refractivity contribution in [3.63, 3.8) is 0 Å². The highest BCUT2D eigenvalue weighted by atomic mass is 32.1. The van der Waals surface area contributed by atoms with Crippen molar-refractivity contribution in [3.8, 4) is 0 Å². The van der Waals surface area contributed by atoms with Crippen LogP contribution >= 0.6 is 11.3 Å². The fraction of sp³-hybridized carbons (Fsp3) is 0.450. The highest BCUT2D eigenvalue weighted by molar-refractivity contribution is 7.11. The fourth-order valence-electron chi connectivity index (χ4n) is 2.52. The lowest BCUT2D eigenvalue weighted by atomic mass is 10.1. The van der Waals surface area contributed by atoms with Gasteiger partial charge in [0, 0.05) is 36.5 Å². The average Bonchev–Trinajstić information content (AvgIpc) is 2.98. The third-order valence-electron chi connectivity index (χ3n) is 3.99. The van der Waals surface area contributed by atoms with Crippen LogP contribution in [0.15, 0.2) is 29.3 Å². The second-order valence-electron chi connectivity index (χ2n) is 6.18. The first-order valence-corrected chi connectivity index (χ1v) is 10.2. The van der Waals surface area contributed by atoms with Crippen LogP contribution in [0.2, 0.25) is 0 Å². The minimum absolute atomic E-state index is 0.0533. The Bertz CT molecular complexity index is 765. The zero-order valence-corrected chi connectivity index (χ0v) is 17.4. The van der Waals surface area contributed by atoms with Gasteiger partial charge in [-0.15, -0.1) is 11.3 Å². The van der Waals surface area contributed by atoms with Gasteiger partial charge in [-0.1, -0.05) is 12.1 Å². The van der Waals surface area contributed by atoms with E-state index in [1.807, 2.05) is 45.0 Å². The molecule has 6 nitrogen and oxygen atoms in total. The van der Waals surface area contributed by atoms with Gasteiger partial charge in [-0.05, 0) is 45.4 Å². The molecule has 1 aromatic heterocycles. The first kappa shape index (κ1) is 20.9. The standard InChI is InChI=1S/C20H29N5OS/c1-5-21-19(26)17-9-7-8-16(12-17)13-24-20(22-6-2)23-11-10-18-25-14(3)15(4)27-18/h7-9,12H,5-6,10-11,13H2,1-4H3,(H,21,26)(H2,22,23,24). The Morgan fingerprint density at radius 1 is 1.15 bits per heavy atom. The topological polar surface area (TPSA) is 78.4 Å². The first-order valence-electron chi connectivity index (χ1n) is 9.35. The molecule has 0 atom stereocenters. The van der Waals surface area contributed by atoms with Gasteiger partial charge in [0.15, 0.2) is 5.96 Å². The minimum atomic E-state index is -0.0533. The largest absolute Gasteiger partial charge is 0.357 e. The summed E-state index contributed by atoms with van der Waals surface area (Å²) < 4.78 is 0. The summed E-state index contributed by atoms with van der Waals surface area (Å²) in [6, 6.07) is 7.58. The summed E-state index contributed by atoms with van der Waals surface area (Å²) in [5, 5.41) is 10.6. The van der Waals surface area contributed by atoms with E-state index in [2.05, 4.69) is 32.9 Å². The molecular weight excluding hydrogens is 358 g/mol. The molecule has 0 unspecified atom stereocenters. The number of nitrogens with zero attached hydrogens (tertiary/aromatic N) is 2. The number of amides is 1. The molecule has 0 spiro atoms. The van der Waals surface area contributed by atoms with Crippen molar-refractivity contribution in [3.05, 3.63) is 51.0 Å². The number of thiazole rings is 1. The molecular formula is C20H29N5OS. The van der Waals surface area contributed by atoms with E-state index in [0.717, 1.165) is 41.7 Å². The second kappa shape index (κ2) is 10.7. The van der Waals surface area contributed by atoms with Crippen molar-refractivity contribution < 1.29 is 4.79 Å². The fourth-order valence-corrected chi connectivity index (χ4v) is 3.45. The van der Waals surface area contributed by atoms with E-state index in [-0.39, 0.29) is 5.91 Å². The van der Waals surface area contributed by atoms with Gasteiger partial charge in [0.1, 0.15) is 0 Å². The van der Waals surface area contributed by atoms with Crippen molar-refractivity contribution >= 4 is 23.2 Å². The number of hydrogen-bond donors (Lipinski definition) is 3. The molecule has 3 N–H and O–H groups in total. The zero-order chi connectivity index (χ0) is 19.6. The van der Waals surface area contributed by atoms with Crippen LogP contribution in [0.1, 0.15) is 45.3 Å². The molecule has 0 radical (unpaired) electrons. The number of carbonyl (C=O) groups excluding carboxylic acids is 1. The molecule has 0 aliphatic rings. The van der Waals surface area contributed by atoms with Crippen molar-refractivity contribution in [1.82, 2.24) is 20.9 Å². The van der Waals surface area contributed by atoms with E-state index >= 15 is 0 Å². The van der Waals surface area contributed by atoms with Crippen LogP contribution < -0.4 is 16.0 Å². The van der Waals surface area contributed by atoms with Crippen LogP contribution in [-0.4, -0.2) is 36.5 Å². The summed E-state index contributed by atoms with van der Waals surface area (Å²) in [5.41, 5.74) is 2.78. The van der Waals surface area contributed by atoms with Crippen molar-refractivity contribution in [1.29, 1.82) is 0 Å². The van der Waals surface area contributed by atoms with Gasteiger partial charge in [-0.3, -0.25) is 4.79 Å². The quantitative estimate of drug-likeness (QED) is 0.481. The lowest BCUT2D eigenvalue weighted by molar-refractivity contribution is 0.0955. The van der Waals surface area contributed by atoms with Crippen LogP contribution in [0, 0.1) is 13.8 Å². The molecule has 146 valence electrons. The molecule has 0 aliphatic heterocycles. The molecule has 2 aromatic rings. The lowest BCUT2D eigenvalue weighted by Crippen LogP contribution is -2.38. The van der Waals surface area contributed by atoms with E-state index in [4.69, 9.17) is 0 Å². The number of aryl methyl sites for hydroxylation is 2. The maximum absolute atomic E-state index is 12.0. The van der Waals surface area contributed by atoms with Gasteiger partial charge in [-0.25, -0.2) is 9.98 Å². The first-order chi connectivity index (χ1) is 13.0. The molecule has 0 saturated heterocycles. The number of nitrogens with one attached hydrogen (secondary N) is 3. The lowest BCUT2D eigenvalue weighted by Gasteiger charge is -2.11. The minimum Gasteiger partial charge on any atom is -0.357 e. The third kappa shape index (κ3) is 6.67. The molecule has 1 heterocycles. The van der Waals surface area contributed by atoms with Gasteiger partial charge in [-0.2, -0.15) is 0 Å². The van der Waals surface area contributed by atoms with Gasteiger partial charge in [0.25, 0.3) is 5.91 Å². The number of guanidine groups is 1. The normalized spacial score (nSPS) is 11.3. The summed E-state index contributed by atoms with van der Waals surface area (Å²) in [5.74, 6) is 0.716. The van der Waals surface area contributed by atoms with Crippen LogP contribution in [0.5, 0.6) is 0 Å². The molecule has 0 bridgehead atoms. The Balaban J connectivity index is 1.94. The predicted octanol–water partition coefficient (Wildman–Crippen LogP) is 2.81. The van der Waals surface area contributed by atoms with E-state index in [9.17, 15) is 4.79 Å². The van der Waals surface area contributed by atoms with Crippen molar-refractivity contribution in [2.75, 3.05) is 19.6 Å². The molecule has 1 aromatic carbocycles. The van der Waals surface area contributed by atoms with E-state index in [0.29, 0.717) is 18.7 Å². The van der Waals surface area contributed by atoms with E-state index in [1.165, 1.54) is 4.88 Å². The summed E-state index contributed by atoms with van der Waals surface area (Å²) >= 11 is 1.75. The molecule has 27 heavy (non-hydrogen) atoms. The number of carbonyl (C=O) groups is 1. The molecule has 2 rings (SSSR count). The Hall–Kier alpha value is -2.41. The number of benzene rings is 1. The smallest absolute Gasteiger partial charge is 0.251 e. The maximum Gasteiger partial charge on any atom is 0.251 e. The molecule has 0 aliphatic carbocycles. The van der Waals surface area contributed by atoms with Crippen LogP contribution in [0.3, 0.4) is 0 Å². The van der Waals surface area contributed by atoms with E-state index < -0.39 is 0 Å². The van der Waals surface area contributed by atoms with Crippen LogP contribution in [-0.2, 0) is 13.0 Å². The zero-order valence-electron chi connectivity index (χ0n) is 16.6. The highest BCUT2D eigenvalue weighted by Gasteiger charge is 2.06. The number of rotatable bonds is 8. The average molecular weight is 388 g/mol. The molecule has 0 fully saturated rings. The Morgan fingerprint density at radius 2 is 1.93 bits per heavy atom. The predicted molar refractivity (Wildman–Crippen MR) is 113 cm³/mol. The summed E-state index contributed by atoms with van der Waals surface area (Å²) in [7, 11) is 0. The van der Waals surface area contributed by atoms with E-state index in [1.54, 1.807) is 11.3 Å². The molecule has 0 saturated carbocycles. The molecule has 1 amide bonds. The SMILES string of the molecule is CCNC(=O)c1cccc(CN=C(NCC)NCCc2nc(C)c(C)s2)c1. The monoisotopic (exact) mass is 387 g/mol. The number of aromatic nitrogens is 1. The van der Waals surface area contributed by atoms with Crippen molar-refractivity contribution in [2.45, 2.75) is 40.7 Å². The number of aliphatic imine (C=N–C) groups is 1. The Kier molecular flexibility index (Phi) is 8.26. The van der Waals surface area contributed by atoms with Gasteiger partial charge < -0.3 is 16.0 Å². The summed E-state index contributed by atoms with van der Waals surface area (Å²) in [4.78, 5) is 22.4. The molecule has 7 heteroatoms. The van der Waals surface area contributed by atoms with Gasteiger partial charge in [0.2, 0.25) is 0 Å². The Labute approximate surface area is 165 Å². The second-order valence-corrected chi connectivity index (χ2v) is 7.47. The van der Waals surface area contributed by atoms with Crippen LogP contribution in [0.25, 0.3) is 0 Å². The number of hydrogen-bond acceptors (Lipinski definition) is 4. The summed E-state index contributed by atoms with van der Waals surface area (Å²) in [6.45, 7) is 10.8. The van der Waals surface area contributed by atoms with Crippen LogP contribution in [0.4, 0.5) is 0 Å². The maximum atomic E-state index is 12.0. The van der Waals surface area contributed by atoms with Crippen molar-refractivity contribution in [2.24, 2.45) is 4.99 Å².